The summed E-state index contributed by atoms with van der Waals surface area (Å²) >= 11 is 0. The molecule has 0 fully saturated rings. The molecule has 1 aromatic rings. The number of hydrazine groups is 1. The van der Waals surface area contributed by atoms with Gasteiger partial charge in [0.05, 0.1) is 6.54 Å². The van der Waals surface area contributed by atoms with Crippen molar-refractivity contribution in [2.24, 2.45) is 0 Å². The Morgan fingerprint density at radius 2 is 1.65 bits per heavy atom. The molecule has 0 atom stereocenters. The van der Waals surface area contributed by atoms with E-state index in [1.807, 2.05) is 42.4 Å². The van der Waals surface area contributed by atoms with E-state index in [0.717, 1.165) is 12.1 Å². The van der Waals surface area contributed by atoms with E-state index in [0.29, 0.717) is 6.54 Å². The lowest BCUT2D eigenvalue weighted by molar-refractivity contribution is 0.0107. The molecule has 0 unspecified atom stereocenters. The van der Waals surface area contributed by atoms with Gasteiger partial charge in [0.25, 0.3) is 5.91 Å². The summed E-state index contributed by atoms with van der Waals surface area (Å²) in [5, 5.41) is 3.79. The van der Waals surface area contributed by atoms with Gasteiger partial charge in [-0.25, -0.2) is 5.01 Å². The van der Waals surface area contributed by atoms with Crippen LogP contribution in [0.2, 0.25) is 0 Å². The van der Waals surface area contributed by atoms with E-state index in [2.05, 4.69) is 13.8 Å². The third kappa shape index (κ3) is 2.39. The van der Waals surface area contributed by atoms with Gasteiger partial charge in [-0.1, -0.05) is 29.3 Å². The summed E-state index contributed by atoms with van der Waals surface area (Å²) in [6.07, 6.45) is 0. The molecular formula is C14H18N2O. The number of nitrogens with zero attached hydrogens (tertiary/aromatic N) is 2. The molecule has 0 saturated carbocycles. The monoisotopic (exact) mass is 230 g/mol. The average molecular weight is 230 g/mol. The van der Waals surface area contributed by atoms with Gasteiger partial charge in [0.1, 0.15) is 0 Å². The maximum absolute atomic E-state index is 12.3. The maximum atomic E-state index is 12.3. The zero-order valence-electron chi connectivity index (χ0n) is 10.6. The molecule has 1 aliphatic rings. The Labute approximate surface area is 102 Å². The van der Waals surface area contributed by atoms with Crippen molar-refractivity contribution in [3.63, 3.8) is 0 Å². The largest absolute Gasteiger partial charge is 0.268 e. The van der Waals surface area contributed by atoms with Crippen molar-refractivity contribution >= 4 is 5.91 Å². The molecule has 1 aromatic carbocycles. The molecule has 3 nitrogen and oxygen atoms in total. The van der Waals surface area contributed by atoms with Crippen molar-refractivity contribution in [1.29, 1.82) is 0 Å². The van der Waals surface area contributed by atoms with Crippen molar-refractivity contribution in [3.05, 3.63) is 47.0 Å². The maximum Gasteiger partial charge on any atom is 0.268 e. The molecule has 0 radical (unpaired) electrons. The molecule has 17 heavy (non-hydrogen) atoms. The zero-order chi connectivity index (χ0) is 12.4. The van der Waals surface area contributed by atoms with Gasteiger partial charge in [-0.05, 0) is 26.0 Å². The van der Waals surface area contributed by atoms with Crippen molar-refractivity contribution in [2.45, 2.75) is 13.8 Å². The fourth-order valence-electron chi connectivity index (χ4n) is 2.00. The SMILES string of the molecule is CC1=C(C)CN(C(=O)c2ccccc2)N(C)C1. The summed E-state index contributed by atoms with van der Waals surface area (Å²) in [6.45, 7) is 5.73. The molecule has 0 saturated heterocycles. The Bertz CT molecular complexity index is 451. The molecule has 0 aromatic heterocycles. The normalized spacial score (nSPS) is 17.5. The summed E-state index contributed by atoms with van der Waals surface area (Å²) in [5.74, 6) is 0.0694. The van der Waals surface area contributed by atoms with Gasteiger partial charge < -0.3 is 0 Å². The lowest BCUT2D eigenvalue weighted by Gasteiger charge is -2.37. The quantitative estimate of drug-likeness (QED) is 0.691. The third-order valence-corrected chi connectivity index (χ3v) is 3.25. The summed E-state index contributed by atoms with van der Waals surface area (Å²) in [6, 6.07) is 9.43. The second kappa shape index (κ2) is 4.72. The first-order valence-corrected chi connectivity index (χ1v) is 5.83. The molecule has 3 heteroatoms. The van der Waals surface area contributed by atoms with Crippen LogP contribution in [0.3, 0.4) is 0 Å². The van der Waals surface area contributed by atoms with Gasteiger partial charge in [-0.3, -0.25) is 9.80 Å². The van der Waals surface area contributed by atoms with Crippen LogP contribution >= 0.6 is 0 Å². The van der Waals surface area contributed by atoms with Crippen LogP contribution in [0.5, 0.6) is 0 Å². The van der Waals surface area contributed by atoms with Crippen LogP contribution in [0.25, 0.3) is 0 Å². The van der Waals surface area contributed by atoms with Gasteiger partial charge in [0.15, 0.2) is 0 Å². The lowest BCUT2D eigenvalue weighted by Crippen LogP contribution is -2.48. The number of rotatable bonds is 1. The summed E-state index contributed by atoms with van der Waals surface area (Å²) < 4.78 is 0. The molecular weight excluding hydrogens is 212 g/mol. The summed E-state index contributed by atoms with van der Waals surface area (Å²) in [7, 11) is 1.96. The number of benzene rings is 1. The van der Waals surface area contributed by atoms with Crippen LogP contribution in [-0.2, 0) is 0 Å². The van der Waals surface area contributed by atoms with E-state index in [4.69, 9.17) is 0 Å². The van der Waals surface area contributed by atoms with E-state index in [-0.39, 0.29) is 5.91 Å². The lowest BCUT2D eigenvalue weighted by atomic mass is 10.1. The molecule has 0 bridgehead atoms. The second-order valence-electron chi connectivity index (χ2n) is 4.61. The van der Waals surface area contributed by atoms with Crippen molar-refractivity contribution in [2.75, 3.05) is 20.1 Å². The first-order chi connectivity index (χ1) is 8.09. The minimum Gasteiger partial charge on any atom is -0.268 e. The zero-order valence-corrected chi connectivity index (χ0v) is 10.6. The highest BCUT2D eigenvalue weighted by molar-refractivity contribution is 5.94. The van der Waals surface area contributed by atoms with Crippen LogP contribution in [-0.4, -0.2) is 36.1 Å². The molecule has 1 amide bonds. The van der Waals surface area contributed by atoms with Crippen LogP contribution in [0.4, 0.5) is 0 Å². The summed E-state index contributed by atoms with van der Waals surface area (Å²) in [4.78, 5) is 12.3. The number of hydrogen-bond donors (Lipinski definition) is 0. The molecule has 2 rings (SSSR count). The van der Waals surface area contributed by atoms with Crippen molar-refractivity contribution in [1.82, 2.24) is 10.0 Å². The van der Waals surface area contributed by atoms with E-state index in [1.165, 1.54) is 11.1 Å². The van der Waals surface area contributed by atoms with E-state index < -0.39 is 0 Å². The van der Waals surface area contributed by atoms with Gasteiger partial charge in [-0.2, -0.15) is 0 Å². The first kappa shape index (κ1) is 11.9. The highest BCUT2D eigenvalue weighted by Gasteiger charge is 2.24. The molecule has 0 spiro atoms. The molecule has 1 heterocycles. The number of carbonyl (C=O) groups is 1. The highest BCUT2D eigenvalue weighted by Crippen LogP contribution is 2.18. The number of carbonyl (C=O) groups excluding carboxylic acids is 1. The second-order valence-corrected chi connectivity index (χ2v) is 4.61. The standard InChI is InChI=1S/C14H18N2O/c1-11-9-15(3)16(10-12(11)2)14(17)13-7-5-4-6-8-13/h4-8H,9-10H2,1-3H3. The molecule has 1 aliphatic heterocycles. The van der Waals surface area contributed by atoms with E-state index in [9.17, 15) is 4.79 Å². The number of amides is 1. The molecule has 90 valence electrons. The Kier molecular flexibility index (Phi) is 3.29. The third-order valence-electron chi connectivity index (χ3n) is 3.25. The van der Waals surface area contributed by atoms with Crippen LogP contribution in [0, 0.1) is 0 Å². The summed E-state index contributed by atoms with van der Waals surface area (Å²) in [5.41, 5.74) is 3.38. The molecule has 0 N–H and O–H groups in total. The molecule has 0 aliphatic carbocycles. The number of hydrogen-bond acceptors (Lipinski definition) is 2. The number of likely N-dealkylation sites (N-methyl/N-ethyl adjacent to an activating group) is 1. The van der Waals surface area contributed by atoms with E-state index in [1.54, 1.807) is 5.01 Å². The fourth-order valence-corrected chi connectivity index (χ4v) is 2.00. The predicted octanol–water partition coefficient (Wildman–Crippen LogP) is 2.33. The van der Waals surface area contributed by atoms with Gasteiger partial charge >= 0.3 is 0 Å². The van der Waals surface area contributed by atoms with Gasteiger partial charge in [0, 0.05) is 19.2 Å². The highest BCUT2D eigenvalue weighted by atomic mass is 16.2. The Morgan fingerprint density at radius 1 is 1.06 bits per heavy atom. The Balaban J connectivity index is 2.22. The Hall–Kier alpha value is -1.61. The minimum atomic E-state index is 0.0694. The van der Waals surface area contributed by atoms with E-state index >= 15 is 0 Å². The fraction of sp³-hybridized carbons (Fsp3) is 0.357. The average Bonchev–Trinajstić information content (AvgIpc) is 2.34. The predicted molar refractivity (Wildman–Crippen MR) is 68.5 cm³/mol. The van der Waals surface area contributed by atoms with Crippen LogP contribution in [0.15, 0.2) is 41.5 Å². The van der Waals surface area contributed by atoms with Gasteiger partial charge in [0.2, 0.25) is 0 Å². The van der Waals surface area contributed by atoms with Gasteiger partial charge in [-0.15, -0.1) is 0 Å². The Morgan fingerprint density at radius 3 is 2.29 bits per heavy atom. The topological polar surface area (TPSA) is 23.6 Å². The smallest absolute Gasteiger partial charge is 0.268 e. The van der Waals surface area contributed by atoms with Crippen LogP contribution < -0.4 is 0 Å². The van der Waals surface area contributed by atoms with Crippen molar-refractivity contribution < 1.29 is 4.79 Å². The minimum absolute atomic E-state index is 0.0694. The first-order valence-electron chi connectivity index (χ1n) is 5.83. The van der Waals surface area contributed by atoms with Crippen LogP contribution in [0.1, 0.15) is 24.2 Å². The van der Waals surface area contributed by atoms with Crippen molar-refractivity contribution in [3.8, 4) is 0 Å².